The van der Waals surface area contributed by atoms with Gasteiger partial charge in [-0.1, -0.05) is 11.6 Å². The van der Waals surface area contributed by atoms with Crippen molar-refractivity contribution in [1.29, 1.82) is 5.26 Å². The Morgan fingerprint density at radius 1 is 1.44 bits per heavy atom. The zero-order valence-electron chi connectivity index (χ0n) is 9.82. The van der Waals surface area contributed by atoms with E-state index in [2.05, 4.69) is 5.32 Å². The summed E-state index contributed by atoms with van der Waals surface area (Å²) < 4.78 is 0. The number of hydrogen-bond donors (Lipinski definition) is 2. The maximum atomic E-state index is 11.8. The van der Waals surface area contributed by atoms with E-state index in [1.807, 2.05) is 6.07 Å². The molecule has 0 aliphatic heterocycles. The molecule has 94 valence electrons. The molecule has 0 aliphatic rings. The Kier molecular flexibility index (Phi) is 3.94. The third-order valence-electron chi connectivity index (χ3n) is 2.45. The second-order valence-electron chi connectivity index (χ2n) is 4.19. The quantitative estimate of drug-likeness (QED) is 0.821. The summed E-state index contributed by atoms with van der Waals surface area (Å²) in [7, 11) is 0. The number of carbonyl (C=O) groups is 2. The number of rotatable bonds is 3. The minimum atomic E-state index is -1.59. The van der Waals surface area contributed by atoms with Crippen molar-refractivity contribution in [3.05, 3.63) is 28.8 Å². The van der Waals surface area contributed by atoms with E-state index in [1.165, 1.54) is 32.0 Å². The fraction of sp³-hybridized carbons (Fsp3) is 0.250. The molecule has 1 aromatic rings. The Bertz CT molecular complexity index is 547. The number of halogens is 1. The van der Waals surface area contributed by atoms with Crippen LogP contribution in [-0.4, -0.2) is 17.0 Å². The van der Waals surface area contributed by atoms with Crippen molar-refractivity contribution in [3.63, 3.8) is 0 Å². The van der Waals surface area contributed by atoms with Gasteiger partial charge in [0.2, 0.25) is 5.91 Å². The average Bonchev–Trinajstić information content (AvgIpc) is 2.29. The van der Waals surface area contributed by atoms with Gasteiger partial charge in [-0.05, 0) is 32.0 Å². The monoisotopic (exact) mass is 266 g/mol. The van der Waals surface area contributed by atoms with Crippen LogP contribution in [0.3, 0.4) is 0 Å². The molecular formula is C12H11ClN2O3. The van der Waals surface area contributed by atoms with Crippen molar-refractivity contribution in [3.8, 4) is 6.07 Å². The van der Waals surface area contributed by atoms with Gasteiger partial charge in [0.25, 0.3) is 0 Å². The molecule has 1 aromatic carbocycles. The van der Waals surface area contributed by atoms with Crippen LogP contribution in [0.5, 0.6) is 0 Å². The minimum absolute atomic E-state index is 0.198. The van der Waals surface area contributed by atoms with Gasteiger partial charge in [-0.25, -0.2) is 0 Å². The first kappa shape index (κ1) is 14.0. The molecule has 0 saturated heterocycles. The van der Waals surface area contributed by atoms with E-state index in [0.717, 1.165) is 0 Å². The fourth-order valence-corrected chi connectivity index (χ4v) is 1.27. The molecular weight excluding hydrogens is 256 g/mol. The predicted molar refractivity (Wildman–Crippen MR) is 66.2 cm³/mol. The molecule has 0 radical (unpaired) electrons. The summed E-state index contributed by atoms with van der Waals surface area (Å²) in [5.74, 6) is -1.96. The van der Waals surface area contributed by atoms with Crippen LogP contribution < -0.4 is 5.32 Å². The van der Waals surface area contributed by atoms with E-state index >= 15 is 0 Å². The van der Waals surface area contributed by atoms with Crippen LogP contribution in [0.25, 0.3) is 0 Å². The fourth-order valence-electron chi connectivity index (χ4n) is 1.09. The first-order valence-electron chi connectivity index (χ1n) is 5.03. The molecule has 0 aromatic heterocycles. The lowest BCUT2D eigenvalue weighted by Gasteiger charge is -2.18. The van der Waals surface area contributed by atoms with Crippen molar-refractivity contribution in [2.75, 3.05) is 5.32 Å². The molecule has 0 saturated carbocycles. The first-order chi connectivity index (χ1) is 8.28. The van der Waals surface area contributed by atoms with Gasteiger partial charge in [-0.15, -0.1) is 0 Å². The van der Waals surface area contributed by atoms with Crippen LogP contribution in [0, 0.1) is 16.7 Å². The number of benzene rings is 1. The van der Waals surface area contributed by atoms with Crippen molar-refractivity contribution >= 4 is 29.2 Å². The SMILES string of the molecule is CC(C)(C(=O)O)C(=O)Nc1cc(Cl)ccc1C#N. The molecule has 0 heterocycles. The number of amides is 1. The molecule has 5 nitrogen and oxygen atoms in total. The smallest absolute Gasteiger partial charge is 0.318 e. The van der Waals surface area contributed by atoms with Gasteiger partial charge in [0.1, 0.15) is 11.5 Å². The summed E-state index contributed by atoms with van der Waals surface area (Å²) in [6.45, 7) is 2.56. The standard InChI is InChI=1S/C12H11ClN2O3/c1-12(2,11(17)18)10(16)15-9-5-8(13)4-3-7(9)6-14/h3-5H,1-2H3,(H,15,16)(H,17,18). The molecule has 18 heavy (non-hydrogen) atoms. The highest BCUT2D eigenvalue weighted by atomic mass is 35.5. The number of nitriles is 1. The molecule has 0 aliphatic carbocycles. The van der Waals surface area contributed by atoms with Crippen LogP contribution in [0.15, 0.2) is 18.2 Å². The number of nitrogens with one attached hydrogen (secondary N) is 1. The molecule has 1 amide bonds. The maximum Gasteiger partial charge on any atom is 0.318 e. The van der Waals surface area contributed by atoms with Crippen molar-refractivity contribution < 1.29 is 14.7 Å². The molecule has 0 bridgehead atoms. The van der Waals surface area contributed by atoms with E-state index in [-0.39, 0.29) is 11.3 Å². The number of nitrogens with zero attached hydrogens (tertiary/aromatic N) is 1. The topological polar surface area (TPSA) is 90.2 Å². The van der Waals surface area contributed by atoms with E-state index in [0.29, 0.717) is 5.02 Å². The minimum Gasteiger partial charge on any atom is -0.480 e. The lowest BCUT2D eigenvalue weighted by molar-refractivity contribution is -0.151. The molecule has 6 heteroatoms. The normalized spacial score (nSPS) is 10.6. The van der Waals surface area contributed by atoms with Crippen molar-refractivity contribution in [2.24, 2.45) is 5.41 Å². The highest BCUT2D eigenvalue weighted by Crippen LogP contribution is 2.24. The van der Waals surface area contributed by atoms with Crippen LogP contribution in [0.4, 0.5) is 5.69 Å². The van der Waals surface area contributed by atoms with Crippen LogP contribution in [0.2, 0.25) is 5.02 Å². The molecule has 0 unspecified atom stereocenters. The second kappa shape index (κ2) is 5.07. The van der Waals surface area contributed by atoms with Gasteiger partial charge in [0.15, 0.2) is 0 Å². The van der Waals surface area contributed by atoms with Gasteiger partial charge in [-0.2, -0.15) is 5.26 Å². The van der Waals surface area contributed by atoms with Crippen molar-refractivity contribution in [2.45, 2.75) is 13.8 Å². The number of aliphatic carboxylic acids is 1. The summed E-state index contributed by atoms with van der Waals surface area (Å²) >= 11 is 5.76. The average molecular weight is 267 g/mol. The molecule has 0 fully saturated rings. The maximum absolute atomic E-state index is 11.8. The number of hydrogen-bond acceptors (Lipinski definition) is 3. The first-order valence-corrected chi connectivity index (χ1v) is 5.41. The largest absolute Gasteiger partial charge is 0.480 e. The lowest BCUT2D eigenvalue weighted by atomic mass is 9.92. The molecule has 2 N–H and O–H groups in total. The van der Waals surface area contributed by atoms with E-state index in [1.54, 1.807) is 0 Å². The zero-order valence-corrected chi connectivity index (χ0v) is 10.6. The lowest BCUT2D eigenvalue weighted by Crippen LogP contribution is -2.38. The summed E-state index contributed by atoms with van der Waals surface area (Å²) in [5.41, 5.74) is -1.17. The summed E-state index contributed by atoms with van der Waals surface area (Å²) in [5, 5.41) is 20.5. The number of anilines is 1. The van der Waals surface area contributed by atoms with E-state index < -0.39 is 17.3 Å². The number of carboxylic acid groups (broad SMARTS) is 1. The molecule has 0 spiro atoms. The Morgan fingerprint density at radius 3 is 2.56 bits per heavy atom. The van der Waals surface area contributed by atoms with Crippen LogP contribution in [-0.2, 0) is 9.59 Å². The van der Waals surface area contributed by atoms with Gasteiger partial charge in [0, 0.05) is 5.02 Å². The molecule has 0 atom stereocenters. The number of carbonyl (C=O) groups excluding carboxylic acids is 1. The summed E-state index contributed by atoms with van der Waals surface area (Å²) in [4.78, 5) is 22.7. The zero-order chi connectivity index (χ0) is 13.9. The van der Waals surface area contributed by atoms with Gasteiger partial charge < -0.3 is 10.4 Å². The molecule has 1 rings (SSSR count). The Hall–Kier alpha value is -2.06. The summed E-state index contributed by atoms with van der Waals surface area (Å²) in [6.07, 6.45) is 0. The van der Waals surface area contributed by atoms with Crippen LogP contribution in [0.1, 0.15) is 19.4 Å². The number of carboxylic acids is 1. The predicted octanol–water partition coefficient (Wildman–Crippen LogP) is 2.26. The third-order valence-corrected chi connectivity index (χ3v) is 2.69. The van der Waals surface area contributed by atoms with Gasteiger partial charge in [0.05, 0.1) is 11.3 Å². The Morgan fingerprint density at radius 2 is 2.06 bits per heavy atom. The second-order valence-corrected chi connectivity index (χ2v) is 4.62. The summed E-state index contributed by atoms with van der Waals surface area (Å²) in [6, 6.07) is 6.25. The van der Waals surface area contributed by atoms with Gasteiger partial charge >= 0.3 is 5.97 Å². The van der Waals surface area contributed by atoms with Crippen LogP contribution >= 0.6 is 11.6 Å². The van der Waals surface area contributed by atoms with Crippen molar-refractivity contribution in [1.82, 2.24) is 0 Å². The van der Waals surface area contributed by atoms with E-state index in [4.69, 9.17) is 22.0 Å². The Balaban J connectivity index is 3.06. The third kappa shape index (κ3) is 2.79. The highest BCUT2D eigenvalue weighted by molar-refractivity contribution is 6.31. The van der Waals surface area contributed by atoms with Gasteiger partial charge in [-0.3, -0.25) is 9.59 Å². The van der Waals surface area contributed by atoms with E-state index in [9.17, 15) is 9.59 Å². The highest BCUT2D eigenvalue weighted by Gasteiger charge is 2.36. The Labute approximate surface area is 109 Å².